The van der Waals surface area contributed by atoms with Gasteiger partial charge in [0, 0.05) is 0 Å². The van der Waals surface area contributed by atoms with Gasteiger partial charge < -0.3 is 0 Å². The Morgan fingerprint density at radius 2 is 0.889 bits per heavy atom. The summed E-state index contributed by atoms with van der Waals surface area (Å²) in [5.41, 5.74) is 0. The molecular weight excluding hydrogens is 283 g/mol. The van der Waals surface area contributed by atoms with Crippen LogP contribution in [0, 0.1) is 0 Å². The van der Waals surface area contributed by atoms with Crippen LogP contribution < -0.4 is 4.65 Å². The fourth-order valence-corrected chi connectivity index (χ4v) is 13.0. The quantitative estimate of drug-likeness (QED) is 0.607. The van der Waals surface area contributed by atoms with Gasteiger partial charge in [-0.05, 0) is 0 Å². The molecule has 0 unspecified atom stereocenters. The van der Waals surface area contributed by atoms with Gasteiger partial charge >= 0.3 is 12.3 Å². The van der Waals surface area contributed by atoms with Gasteiger partial charge in [0.2, 0.25) is 0 Å². The summed E-state index contributed by atoms with van der Waals surface area (Å²) in [7, 11) is 0. The Morgan fingerprint density at radius 1 is 0.667 bits per heavy atom. The van der Waals surface area contributed by atoms with E-state index < -0.39 is 12.3 Å². The first-order valence-corrected chi connectivity index (χ1v) is 11.7. The molecule has 0 rings (SSSR count). The van der Waals surface area contributed by atoms with E-state index >= 15 is 0 Å². The summed E-state index contributed by atoms with van der Waals surface area (Å²) < 4.78 is 2.33. The summed E-state index contributed by atoms with van der Waals surface area (Å²) in [4.78, 5) is 0. The van der Waals surface area contributed by atoms with Crippen molar-refractivity contribution in [1.29, 1.82) is 0 Å². The minimum Gasteiger partial charge on any atom is -0.287 e. The topological polar surface area (TPSA) is 12.0 Å². The fraction of sp³-hybridized carbons (Fsp3) is 0. The fourth-order valence-electron chi connectivity index (χ4n) is 0.161. The first-order valence-electron chi connectivity index (χ1n) is 1.63. The molecule has 0 aromatic heterocycles. The first kappa shape index (κ1) is 11.1. The summed E-state index contributed by atoms with van der Waals surface area (Å²) in [6, 6.07) is 0. The Morgan fingerprint density at radius 3 is 0.889 bits per heavy atom. The van der Waals surface area contributed by atoms with Crippen molar-refractivity contribution in [3.63, 3.8) is 0 Å². The third-order valence-corrected chi connectivity index (χ3v) is 7.65. The zero-order valence-corrected chi connectivity index (χ0v) is 10.3. The van der Waals surface area contributed by atoms with E-state index in [9.17, 15) is 0 Å². The van der Waals surface area contributed by atoms with E-state index in [0.29, 0.717) is 0 Å². The van der Waals surface area contributed by atoms with E-state index in [-0.39, 0.29) is 0 Å². The van der Waals surface area contributed by atoms with Crippen molar-refractivity contribution in [2.75, 3.05) is 0 Å². The maximum absolute atomic E-state index is 5.36. The van der Waals surface area contributed by atoms with Gasteiger partial charge in [0.25, 0.3) is 0 Å². The minimum atomic E-state index is -2.96. The summed E-state index contributed by atoms with van der Waals surface area (Å²) >= 11 is 32.1. The van der Waals surface area contributed by atoms with Gasteiger partial charge in [-0.25, -0.2) is 0 Å². The van der Waals surface area contributed by atoms with Gasteiger partial charge in [0.15, 0.2) is 0 Å². The van der Waals surface area contributed by atoms with Crippen LogP contribution in [0.2, 0.25) is 0 Å². The maximum atomic E-state index is 5.36. The molecule has 0 aromatic rings. The Labute approximate surface area is 82.9 Å². The van der Waals surface area contributed by atoms with Crippen molar-refractivity contribution >= 4 is 78.8 Å². The van der Waals surface area contributed by atoms with E-state index in [1.807, 2.05) is 0 Å². The molecule has 0 amide bonds. The molecule has 0 radical (unpaired) electrons. The van der Waals surface area contributed by atoms with Gasteiger partial charge in [-0.1, -0.05) is 0 Å². The molecule has 9 heavy (non-hydrogen) atoms. The monoisotopic (exact) mass is 281 g/mol. The maximum Gasteiger partial charge on any atom is 0.417 e. The van der Waals surface area contributed by atoms with Gasteiger partial charge in [0.05, 0.1) is 0 Å². The molecular formula is HCl6NSi2. The Hall–Kier alpha value is 2.13. The molecule has 1 nitrogen and oxygen atoms in total. The van der Waals surface area contributed by atoms with E-state index in [0.717, 1.165) is 0 Å². The Bertz CT molecular complexity index is 76.2. The highest BCUT2D eigenvalue weighted by molar-refractivity contribution is 7.73. The van der Waals surface area contributed by atoms with Gasteiger partial charge in [-0.15, -0.1) is 66.5 Å². The van der Waals surface area contributed by atoms with Crippen molar-refractivity contribution in [3.05, 3.63) is 0 Å². The van der Waals surface area contributed by atoms with Crippen LogP contribution in [-0.2, 0) is 0 Å². The molecule has 0 atom stereocenters. The van der Waals surface area contributed by atoms with Crippen LogP contribution in [0.25, 0.3) is 0 Å². The van der Waals surface area contributed by atoms with Crippen molar-refractivity contribution in [1.82, 2.24) is 4.65 Å². The normalized spacial score (nSPS) is 14.0. The van der Waals surface area contributed by atoms with Gasteiger partial charge in [-0.3, -0.25) is 4.65 Å². The van der Waals surface area contributed by atoms with Crippen LogP contribution >= 0.6 is 66.5 Å². The average Bonchev–Trinajstić information content (AvgIpc) is 1.14. The van der Waals surface area contributed by atoms with Gasteiger partial charge in [-0.2, -0.15) is 0 Å². The number of hydrogen-bond donors (Lipinski definition) is 1. The predicted molar refractivity (Wildman–Crippen MR) is 49.8 cm³/mol. The van der Waals surface area contributed by atoms with Crippen LogP contribution in [0.1, 0.15) is 0 Å². The summed E-state index contributed by atoms with van der Waals surface area (Å²) in [5, 5.41) is 0. The Kier molecular flexibility index (Phi) is 4.57. The second-order valence-corrected chi connectivity index (χ2v) is 17.8. The lowest BCUT2D eigenvalue weighted by Crippen LogP contribution is -2.47. The average molecular weight is 284 g/mol. The lowest BCUT2D eigenvalue weighted by Gasteiger charge is -2.14. The molecule has 0 fully saturated rings. The minimum absolute atomic E-state index is 2.33. The predicted octanol–water partition coefficient (Wildman–Crippen LogP) is 2.88. The lowest BCUT2D eigenvalue weighted by atomic mass is 13.9. The van der Waals surface area contributed by atoms with Crippen LogP contribution in [0.3, 0.4) is 0 Å². The largest absolute Gasteiger partial charge is 0.417 e. The van der Waals surface area contributed by atoms with Crippen molar-refractivity contribution < 1.29 is 0 Å². The zero-order chi connectivity index (χ0) is 7.71. The second kappa shape index (κ2) is 3.69. The highest BCUT2D eigenvalue weighted by atomic mass is 35.8. The molecule has 0 aliphatic rings. The SMILES string of the molecule is Cl[Si](Cl)(Cl)N[Si](Cl)(Cl)Cl. The Balaban J connectivity index is 3.75. The molecule has 56 valence electrons. The number of halogens is 6. The van der Waals surface area contributed by atoms with Crippen molar-refractivity contribution in [3.8, 4) is 0 Å². The summed E-state index contributed by atoms with van der Waals surface area (Å²) in [6.45, 7) is 0. The van der Waals surface area contributed by atoms with E-state index in [4.69, 9.17) is 66.5 Å². The van der Waals surface area contributed by atoms with Crippen molar-refractivity contribution in [2.45, 2.75) is 0 Å². The number of hydrogen-bond acceptors (Lipinski definition) is 1. The number of nitrogens with one attached hydrogen (secondary N) is 1. The van der Waals surface area contributed by atoms with Crippen LogP contribution in [0.5, 0.6) is 0 Å². The molecule has 0 saturated heterocycles. The zero-order valence-electron chi connectivity index (χ0n) is 3.77. The smallest absolute Gasteiger partial charge is 0.287 e. The molecule has 0 aromatic carbocycles. The highest BCUT2D eigenvalue weighted by Gasteiger charge is 2.38. The standard InChI is InChI=1S/Cl6HNSi2/c1-8(2,3)7-9(4,5)6/h7H. The molecule has 0 spiro atoms. The van der Waals surface area contributed by atoms with Crippen LogP contribution in [-0.4, -0.2) is 12.3 Å². The molecule has 0 saturated carbocycles. The second-order valence-electron chi connectivity index (χ2n) is 1.12. The van der Waals surface area contributed by atoms with E-state index in [1.165, 1.54) is 0 Å². The summed E-state index contributed by atoms with van der Waals surface area (Å²) in [6.07, 6.45) is -5.92. The van der Waals surface area contributed by atoms with Crippen LogP contribution in [0.15, 0.2) is 0 Å². The molecule has 1 N–H and O–H groups in total. The molecule has 0 aliphatic carbocycles. The van der Waals surface area contributed by atoms with Crippen molar-refractivity contribution in [2.24, 2.45) is 0 Å². The molecule has 0 aliphatic heterocycles. The lowest BCUT2D eigenvalue weighted by molar-refractivity contribution is 1.59. The highest BCUT2D eigenvalue weighted by Crippen LogP contribution is 2.24. The first-order chi connectivity index (χ1) is 3.71. The van der Waals surface area contributed by atoms with Crippen LogP contribution in [0.4, 0.5) is 0 Å². The molecule has 9 heteroatoms. The third-order valence-electron chi connectivity index (χ3n) is 0.283. The van der Waals surface area contributed by atoms with E-state index in [2.05, 4.69) is 4.65 Å². The molecule has 0 bridgehead atoms. The van der Waals surface area contributed by atoms with Gasteiger partial charge in [0.1, 0.15) is 0 Å². The third kappa shape index (κ3) is 10.1. The van der Waals surface area contributed by atoms with E-state index in [1.54, 1.807) is 0 Å². The number of rotatable bonds is 2. The summed E-state index contributed by atoms with van der Waals surface area (Å²) in [5.74, 6) is 0. The molecule has 0 heterocycles.